The first-order valence-electron chi connectivity index (χ1n) is 11.4. The minimum atomic E-state index is 0.230. The van der Waals surface area contributed by atoms with E-state index in [1.807, 2.05) is 29.3 Å². The monoisotopic (exact) mass is 442 g/mol. The molecule has 2 aliphatic heterocycles. The van der Waals surface area contributed by atoms with E-state index in [0.717, 1.165) is 75.1 Å². The molecule has 31 heavy (non-hydrogen) atoms. The summed E-state index contributed by atoms with van der Waals surface area (Å²) in [5.74, 6) is 1.83. The number of amides is 1. The molecule has 2 aromatic rings. The van der Waals surface area contributed by atoms with Crippen LogP contribution in [0.15, 0.2) is 29.6 Å². The maximum Gasteiger partial charge on any atom is 0.228 e. The Hall–Kier alpha value is -2.12. The molecule has 2 aliphatic rings. The van der Waals surface area contributed by atoms with Gasteiger partial charge in [0.1, 0.15) is 5.75 Å². The topological polar surface area (TPSA) is 48.9 Å². The quantitative estimate of drug-likeness (QED) is 0.686. The van der Waals surface area contributed by atoms with Crippen molar-refractivity contribution in [2.24, 2.45) is 5.92 Å². The van der Waals surface area contributed by atoms with Gasteiger partial charge in [0.05, 0.1) is 24.2 Å². The van der Waals surface area contributed by atoms with Gasteiger partial charge in [-0.1, -0.05) is 0 Å². The summed E-state index contributed by atoms with van der Waals surface area (Å²) >= 11 is 1.62. The van der Waals surface area contributed by atoms with E-state index in [9.17, 15) is 4.79 Å². The number of thiazole rings is 1. The number of piperidine rings is 1. The number of ether oxygens (including phenoxy) is 1. The lowest BCUT2D eigenvalue weighted by atomic mass is 9.95. The van der Waals surface area contributed by atoms with Crippen molar-refractivity contribution in [2.75, 3.05) is 57.8 Å². The molecule has 0 spiro atoms. The largest absolute Gasteiger partial charge is 0.497 e. The Kier molecular flexibility index (Phi) is 7.45. The van der Waals surface area contributed by atoms with Gasteiger partial charge in [0.25, 0.3) is 0 Å². The molecule has 1 aromatic carbocycles. The number of nitrogens with zero attached hydrogens (tertiary/aromatic N) is 4. The van der Waals surface area contributed by atoms with E-state index in [1.165, 1.54) is 12.1 Å². The van der Waals surface area contributed by atoms with Gasteiger partial charge in [0.2, 0.25) is 5.91 Å². The number of likely N-dealkylation sites (tertiary alicyclic amines) is 1. The number of aryl methyl sites for hydroxylation is 1. The lowest BCUT2D eigenvalue weighted by molar-refractivity contribution is -0.132. The number of anilines is 1. The molecule has 0 N–H and O–H groups in total. The Labute approximate surface area is 189 Å². The molecule has 3 heterocycles. The van der Waals surface area contributed by atoms with Crippen molar-refractivity contribution in [1.82, 2.24) is 14.8 Å². The first kappa shape index (κ1) is 22.1. The average Bonchev–Trinajstić information content (AvgIpc) is 3.06. The van der Waals surface area contributed by atoms with Crippen LogP contribution in [0.1, 0.15) is 30.0 Å². The summed E-state index contributed by atoms with van der Waals surface area (Å²) in [5, 5.41) is 3.04. The van der Waals surface area contributed by atoms with E-state index < -0.39 is 0 Å². The molecule has 2 saturated heterocycles. The lowest BCUT2D eigenvalue weighted by Gasteiger charge is -2.34. The highest BCUT2D eigenvalue weighted by Gasteiger charge is 2.25. The minimum absolute atomic E-state index is 0.230. The second kappa shape index (κ2) is 10.5. The summed E-state index contributed by atoms with van der Waals surface area (Å²) in [7, 11) is 1.71. The first-order chi connectivity index (χ1) is 15.1. The van der Waals surface area contributed by atoms with Crippen molar-refractivity contribution in [2.45, 2.75) is 32.6 Å². The normalized spacial score (nSPS) is 18.8. The van der Waals surface area contributed by atoms with Crippen LogP contribution in [0.2, 0.25) is 0 Å². The molecule has 1 aromatic heterocycles. The average molecular weight is 443 g/mol. The molecule has 4 rings (SSSR count). The number of methoxy groups -OCH3 is 1. The molecule has 1 amide bonds. The zero-order chi connectivity index (χ0) is 21.6. The lowest BCUT2D eigenvalue weighted by Crippen LogP contribution is -2.42. The predicted molar refractivity (Wildman–Crippen MR) is 126 cm³/mol. The highest BCUT2D eigenvalue weighted by Crippen LogP contribution is 2.23. The second-order valence-corrected chi connectivity index (χ2v) is 9.76. The summed E-state index contributed by atoms with van der Waals surface area (Å²) < 4.78 is 5.28. The third-order valence-corrected chi connectivity index (χ3v) is 7.33. The Bertz CT molecular complexity index is 846. The van der Waals surface area contributed by atoms with Crippen LogP contribution in [0.25, 0.3) is 0 Å². The van der Waals surface area contributed by atoms with Crippen LogP contribution in [-0.2, 0) is 11.2 Å². The molecular formula is C24H34N4O2S. The van der Waals surface area contributed by atoms with Gasteiger partial charge < -0.3 is 19.4 Å². The van der Waals surface area contributed by atoms with Crippen LogP contribution in [0.3, 0.4) is 0 Å². The zero-order valence-corrected chi connectivity index (χ0v) is 19.6. The Balaban J connectivity index is 1.21. The van der Waals surface area contributed by atoms with Gasteiger partial charge in [-0.05, 0) is 62.9 Å². The smallest absolute Gasteiger partial charge is 0.228 e. The minimum Gasteiger partial charge on any atom is -0.497 e. The number of carbonyl (C=O) groups excluding carboxylic acids is 1. The standard InChI is InChI=1S/C24H34N4O2S/c1-19-25-21(18-31-19)16-24(29)28-12-8-20(9-13-28)17-26-10-3-11-27(15-14-26)22-4-6-23(30-2)7-5-22/h4-7,18,20H,3,8-17H2,1-2H3. The molecule has 7 heteroatoms. The molecule has 0 radical (unpaired) electrons. The van der Waals surface area contributed by atoms with E-state index >= 15 is 0 Å². The van der Waals surface area contributed by atoms with Crippen LogP contribution in [0, 0.1) is 12.8 Å². The third kappa shape index (κ3) is 5.98. The maximum atomic E-state index is 12.6. The van der Waals surface area contributed by atoms with Crippen LogP contribution in [0.4, 0.5) is 5.69 Å². The molecule has 6 nitrogen and oxygen atoms in total. The van der Waals surface area contributed by atoms with Gasteiger partial charge in [-0.3, -0.25) is 4.79 Å². The van der Waals surface area contributed by atoms with Gasteiger partial charge >= 0.3 is 0 Å². The highest BCUT2D eigenvalue weighted by atomic mass is 32.1. The maximum absolute atomic E-state index is 12.6. The summed E-state index contributed by atoms with van der Waals surface area (Å²) in [6.07, 6.45) is 3.86. The number of aromatic nitrogens is 1. The molecular weight excluding hydrogens is 408 g/mol. The number of carbonyl (C=O) groups is 1. The summed E-state index contributed by atoms with van der Waals surface area (Å²) in [6, 6.07) is 8.41. The summed E-state index contributed by atoms with van der Waals surface area (Å²) in [4.78, 5) is 24.2. The summed E-state index contributed by atoms with van der Waals surface area (Å²) in [5.41, 5.74) is 2.20. The van der Waals surface area contributed by atoms with Gasteiger partial charge in [-0.15, -0.1) is 11.3 Å². The van der Waals surface area contributed by atoms with E-state index in [4.69, 9.17) is 4.74 Å². The Morgan fingerprint density at radius 3 is 2.55 bits per heavy atom. The Morgan fingerprint density at radius 1 is 1.10 bits per heavy atom. The van der Waals surface area contributed by atoms with Crippen LogP contribution in [0.5, 0.6) is 5.75 Å². The van der Waals surface area contributed by atoms with Gasteiger partial charge in [0.15, 0.2) is 0 Å². The van der Waals surface area contributed by atoms with Gasteiger partial charge in [0, 0.05) is 50.3 Å². The predicted octanol–water partition coefficient (Wildman–Crippen LogP) is 3.45. The molecule has 0 atom stereocenters. The Morgan fingerprint density at radius 2 is 1.87 bits per heavy atom. The van der Waals surface area contributed by atoms with Crippen molar-refractivity contribution >= 4 is 22.9 Å². The number of rotatable bonds is 6. The molecule has 0 aliphatic carbocycles. The van der Waals surface area contributed by atoms with Crippen molar-refractivity contribution < 1.29 is 9.53 Å². The molecule has 0 unspecified atom stereocenters. The van der Waals surface area contributed by atoms with Crippen molar-refractivity contribution in [3.05, 3.63) is 40.3 Å². The van der Waals surface area contributed by atoms with E-state index in [1.54, 1.807) is 18.4 Å². The van der Waals surface area contributed by atoms with Crippen LogP contribution in [-0.4, -0.2) is 73.6 Å². The number of hydrogen-bond donors (Lipinski definition) is 0. The van der Waals surface area contributed by atoms with Crippen molar-refractivity contribution in [1.29, 1.82) is 0 Å². The third-order valence-electron chi connectivity index (χ3n) is 6.51. The summed E-state index contributed by atoms with van der Waals surface area (Å²) in [6.45, 7) is 9.36. The zero-order valence-electron chi connectivity index (χ0n) is 18.8. The van der Waals surface area contributed by atoms with Gasteiger partial charge in [-0.2, -0.15) is 0 Å². The van der Waals surface area contributed by atoms with E-state index in [0.29, 0.717) is 12.3 Å². The van der Waals surface area contributed by atoms with E-state index in [-0.39, 0.29) is 5.91 Å². The SMILES string of the molecule is COc1ccc(N2CCCN(CC3CCN(C(=O)Cc4csc(C)n4)CC3)CC2)cc1. The number of hydrogen-bond acceptors (Lipinski definition) is 6. The van der Waals surface area contributed by atoms with Gasteiger partial charge in [-0.25, -0.2) is 4.98 Å². The first-order valence-corrected chi connectivity index (χ1v) is 12.3. The molecule has 0 saturated carbocycles. The van der Waals surface area contributed by atoms with Crippen molar-refractivity contribution in [3.8, 4) is 5.75 Å². The fourth-order valence-corrected chi connectivity index (χ4v) is 5.30. The van der Waals surface area contributed by atoms with Crippen LogP contribution >= 0.6 is 11.3 Å². The molecule has 168 valence electrons. The van der Waals surface area contributed by atoms with Crippen molar-refractivity contribution in [3.63, 3.8) is 0 Å². The highest BCUT2D eigenvalue weighted by molar-refractivity contribution is 7.09. The number of benzene rings is 1. The fraction of sp³-hybridized carbons (Fsp3) is 0.583. The second-order valence-electron chi connectivity index (χ2n) is 8.70. The van der Waals surface area contributed by atoms with Crippen LogP contribution < -0.4 is 9.64 Å². The fourth-order valence-electron chi connectivity index (χ4n) is 4.69. The molecule has 0 bridgehead atoms. The molecule has 2 fully saturated rings. The van der Waals surface area contributed by atoms with E-state index in [2.05, 4.69) is 26.9 Å².